The van der Waals surface area contributed by atoms with Crippen LogP contribution in [0.5, 0.6) is 5.75 Å². The van der Waals surface area contributed by atoms with E-state index < -0.39 is 15.9 Å². The van der Waals surface area contributed by atoms with E-state index in [9.17, 15) is 18.0 Å². The Hall–Kier alpha value is -2.91. The molecular weight excluding hydrogens is 442 g/mol. The van der Waals surface area contributed by atoms with Gasteiger partial charge in [-0.1, -0.05) is 12.1 Å². The molecule has 2 heterocycles. The highest BCUT2D eigenvalue weighted by atomic mass is 32.2. The van der Waals surface area contributed by atoms with Crippen LogP contribution in [0.25, 0.3) is 0 Å². The van der Waals surface area contributed by atoms with Crippen molar-refractivity contribution in [3.05, 3.63) is 48.0 Å². The monoisotopic (exact) mass is 471 g/mol. The van der Waals surface area contributed by atoms with E-state index in [4.69, 9.17) is 4.74 Å². The summed E-state index contributed by atoms with van der Waals surface area (Å²) >= 11 is 0. The van der Waals surface area contributed by atoms with Crippen molar-refractivity contribution in [1.82, 2.24) is 4.31 Å². The number of fused-ring (bicyclic) bond motifs is 1. The second kappa shape index (κ2) is 9.15. The Labute approximate surface area is 194 Å². The van der Waals surface area contributed by atoms with E-state index in [2.05, 4.69) is 5.32 Å². The number of methoxy groups -OCH3 is 1. The van der Waals surface area contributed by atoms with Gasteiger partial charge in [0.25, 0.3) is 0 Å². The number of piperidine rings is 1. The lowest BCUT2D eigenvalue weighted by Crippen LogP contribution is -2.43. The Morgan fingerprint density at radius 3 is 2.64 bits per heavy atom. The lowest BCUT2D eigenvalue weighted by molar-refractivity contribution is -0.121. The number of para-hydroxylation sites is 2. The van der Waals surface area contributed by atoms with Crippen molar-refractivity contribution >= 4 is 33.2 Å². The molecule has 2 aromatic carbocycles. The minimum absolute atomic E-state index is 0.00602. The fourth-order valence-electron chi connectivity index (χ4n) is 4.75. The third-order valence-corrected chi connectivity index (χ3v) is 8.22. The number of nitrogens with one attached hydrogen (secondary N) is 1. The molecule has 0 aliphatic carbocycles. The molecule has 4 rings (SSSR count). The summed E-state index contributed by atoms with van der Waals surface area (Å²) in [4.78, 5) is 26.8. The summed E-state index contributed by atoms with van der Waals surface area (Å²) < 4.78 is 33.5. The van der Waals surface area contributed by atoms with Crippen LogP contribution in [0.15, 0.2) is 47.4 Å². The van der Waals surface area contributed by atoms with E-state index in [0.29, 0.717) is 37.2 Å². The standard InChI is InChI=1S/C24H29N3O5S/c1-16-13-19-14-20(10-11-22(19)27(16)17(2)28)33(30,31)26-12-6-7-18(15-26)24(29)25-21-8-4-5-9-23(21)32-3/h4-5,8-11,14,16,18H,6-7,12-13,15H2,1-3H3,(H,25,29)/t16-,18-/m0/s1. The van der Waals surface area contributed by atoms with Gasteiger partial charge >= 0.3 is 0 Å². The number of rotatable bonds is 5. The Morgan fingerprint density at radius 2 is 1.91 bits per heavy atom. The fourth-order valence-corrected chi connectivity index (χ4v) is 6.33. The summed E-state index contributed by atoms with van der Waals surface area (Å²) in [5.41, 5.74) is 2.18. The van der Waals surface area contributed by atoms with Gasteiger partial charge in [-0.2, -0.15) is 4.31 Å². The number of hydrogen-bond donors (Lipinski definition) is 1. The van der Waals surface area contributed by atoms with Gasteiger partial charge in [-0.05, 0) is 62.1 Å². The van der Waals surface area contributed by atoms with E-state index in [1.54, 1.807) is 41.3 Å². The Morgan fingerprint density at radius 1 is 1.15 bits per heavy atom. The topological polar surface area (TPSA) is 96.0 Å². The van der Waals surface area contributed by atoms with Gasteiger partial charge in [0, 0.05) is 31.7 Å². The van der Waals surface area contributed by atoms with Crippen molar-refractivity contribution in [2.24, 2.45) is 5.92 Å². The molecule has 8 nitrogen and oxygen atoms in total. The van der Waals surface area contributed by atoms with E-state index in [1.807, 2.05) is 13.0 Å². The zero-order chi connectivity index (χ0) is 23.8. The summed E-state index contributed by atoms with van der Waals surface area (Å²) in [5, 5.41) is 2.87. The molecule has 2 atom stereocenters. The van der Waals surface area contributed by atoms with Gasteiger partial charge in [0.1, 0.15) is 5.75 Å². The first-order chi connectivity index (χ1) is 15.7. The van der Waals surface area contributed by atoms with Gasteiger partial charge in [-0.15, -0.1) is 0 Å². The predicted octanol–water partition coefficient (Wildman–Crippen LogP) is 3.03. The normalized spacial score (nSPS) is 20.9. The summed E-state index contributed by atoms with van der Waals surface area (Å²) in [6, 6.07) is 12.1. The molecule has 0 radical (unpaired) electrons. The first-order valence-electron chi connectivity index (χ1n) is 11.1. The summed E-state index contributed by atoms with van der Waals surface area (Å²) in [5.74, 6) is -0.185. The lowest BCUT2D eigenvalue weighted by atomic mass is 9.98. The second-order valence-electron chi connectivity index (χ2n) is 8.62. The van der Waals surface area contributed by atoms with Gasteiger partial charge < -0.3 is 15.0 Å². The van der Waals surface area contributed by atoms with E-state index in [-0.39, 0.29) is 29.3 Å². The molecule has 0 bridgehead atoms. The Bertz CT molecular complexity index is 1180. The van der Waals surface area contributed by atoms with Gasteiger partial charge in [0.15, 0.2) is 0 Å². The maximum Gasteiger partial charge on any atom is 0.243 e. The molecule has 0 unspecified atom stereocenters. The molecule has 33 heavy (non-hydrogen) atoms. The van der Waals surface area contributed by atoms with E-state index in [1.165, 1.54) is 18.3 Å². The minimum atomic E-state index is -3.77. The first-order valence-corrected chi connectivity index (χ1v) is 12.5. The van der Waals surface area contributed by atoms with Gasteiger partial charge in [0.05, 0.1) is 23.6 Å². The molecule has 0 spiro atoms. The molecule has 2 aromatic rings. The number of sulfonamides is 1. The lowest BCUT2D eigenvalue weighted by Gasteiger charge is -2.31. The second-order valence-corrected chi connectivity index (χ2v) is 10.6. The van der Waals surface area contributed by atoms with Crippen LogP contribution in [0.3, 0.4) is 0 Å². The number of benzene rings is 2. The molecule has 2 amide bonds. The largest absolute Gasteiger partial charge is 0.495 e. The minimum Gasteiger partial charge on any atom is -0.495 e. The number of nitrogens with zero attached hydrogens (tertiary/aromatic N) is 2. The predicted molar refractivity (Wildman–Crippen MR) is 126 cm³/mol. The zero-order valence-electron chi connectivity index (χ0n) is 19.1. The Balaban J connectivity index is 1.52. The van der Waals surface area contributed by atoms with Crippen LogP contribution in [-0.2, 0) is 26.0 Å². The third-order valence-electron chi connectivity index (χ3n) is 6.36. The number of ether oxygens (including phenoxy) is 1. The highest BCUT2D eigenvalue weighted by Gasteiger charge is 2.35. The van der Waals surface area contributed by atoms with Crippen LogP contribution in [0, 0.1) is 5.92 Å². The number of hydrogen-bond acceptors (Lipinski definition) is 5. The van der Waals surface area contributed by atoms with Crippen LogP contribution in [0.1, 0.15) is 32.3 Å². The van der Waals surface area contributed by atoms with Crippen molar-refractivity contribution in [3.63, 3.8) is 0 Å². The van der Waals surface area contributed by atoms with Crippen molar-refractivity contribution in [1.29, 1.82) is 0 Å². The van der Waals surface area contributed by atoms with E-state index in [0.717, 1.165) is 11.3 Å². The van der Waals surface area contributed by atoms with Gasteiger partial charge in [-0.25, -0.2) is 8.42 Å². The van der Waals surface area contributed by atoms with Crippen molar-refractivity contribution < 1.29 is 22.7 Å². The van der Waals surface area contributed by atoms with Crippen molar-refractivity contribution in [2.45, 2.75) is 44.0 Å². The molecule has 176 valence electrons. The number of carbonyl (C=O) groups excluding carboxylic acids is 2. The number of anilines is 2. The van der Waals surface area contributed by atoms with Gasteiger partial charge in [0.2, 0.25) is 21.8 Å². The van der Waals surface area contributed by atoms with Crippen molar-refractivity contribution in [3.8, 4) is 5.75 Å². The quantitative estimate of drug-likeness (QED) is 0.723. The molecular formula is C24H29N3O5S. The van der Waals surface area contributed by atoms with Crippen molar-refractivity contribution in [2.75, 3.05) is 30.4 Å². The molecule has 9 heteroatoms. The smallest absolute Gasteiger partial charge is 0.243 e. The maximum atomic E-state index is 13.4. The maximum absolute atomic E-state index is 13.4. The van der Waals surface area contributed by atoms with E-state index >= 15 is 0 Å². The number of amides is 2. The van der Waals surface area contributed by atoms with Gasteiger partial charge in [-0.3, -0.25) is 9.59 Å². The summed E-state index contributed by atoms with van der Waals surface area (Å²) in [7, 11) is -2.23. The molecule has 0 saturated carbocycles. The summed E-state index contributed by atoms with van der Waals surface area (Å²) in [6.45, 7) is 3.95. The summed E-state index contributed by atoms with van der Waals surface area (Å²) in [6.07, 6.45) is 1.83. The Kier molecular flexibility index (Phi) is 6.45. The number of carbonyl (C=O) groups is 2. The first kappa shape index (κ1) is 23.3. The molecule has 1 N–H and O–H groups in total. The fraction of sp³-hybridized carbons (Fsp3) is 0.417. The van der Waals surface area contributed by atoms with Crippen LogP contribution >= 0.6 is 0 Å². The average molecular weight is 472 g/mol. The molecule has 0 aromatic heterocycles. The van der Waals surface area contributed by atoms with Crippen LogP contribution in [0.2, 0.25) is 0 Å². The molecule has 2 aliphatic heterocycles. The third kappa shape index (κ3) is 4.47. The van der Waals surface area contributed by atoms with Crippen LogP contribution < -0.4 is 15.0 Å². The average Bonchev–Trinajstić information content (AvgIpc) is 3.14. The SMILES string of the molecule is COc1ccccc1NC(=O)[C@H]1CCCN(S(=O)(=O)c2ccc3c(c2)C[C@H](C)N3C(C)=O)C1. The van der Waals surface area contributed by atoms with Crippen LogP contribution in [0.4, 0.5) is 11.4 Å². The highest BCUT2D eigenvalue weighted by Crippen LogP contribution is 2.35. The zero-order valence-corrected chi connectivity index (χ0v) is 19.9. The molecule has 2 aliphatic rings. The molecule has 1 saturated heterocycles. The molecule has 1 fully saturated rings. The highest BCUT2D eigenvalue weighted by molar-refractivity contribution is 7.89. The van der Waals surface area contributed by atoms with Crippen LogP contribution in [-0.4, -0.2) is 50.8 Å².